The van der Waals surface area contributed by atoms with Crippen LogP contribution in [0, 0.1) is 13.8 Å². The maximum atomic E-state index is 12.0. The number of carbonyl (C=O) groups is 2. The lowest BCUT2D eigenvalue weighted by Crippen LogP contribution is -2.58. The van der Waals surface area contributed by atoms with E-state index in [1.165, 1.54) is 4.90 Å². The number of halogens is 1. The van der Waals surface area contributed by atoms with Gasteiger partial charge >= 0.3 is 5.97 Å². The van der Waals surface area contributed by atoms with E-state index in [4.69, 9.17) is 11.6 Å². The van der Waals surface area contributed by atoms with Crippen LogP contribution in [0.15, 0.2) is 35.3 Å². The standard InChI is InChI=1S/C17H16ClN5O3/c1-9-7-10(2)20-16(19-9)22-17-21-14(24)8-13(15(25)26)23(17)12-5-3-11(18)4-6-12/h3-7,13H,8H2,1-2H3,(H,25,26)(H,19,20,21,22,24)/t13-/m1/s1. The lowest BCUT2D eigenvalue weighted by atomic mass is 10.1. The third kappa shape index (κ3) is 3.80. The van der Waals surface area contributed by atoms with Gasteiger partial charge in [-0.3, -0.25) is 15.0 Å². The smallest absolute Gasteiger partial charge is 0.327 e. The predicted molar refractivity (Wildman–Crippen MR) is 96.7 cm³/mol. The van der Waals surface area contributed by atoms with Crippen molar-refractivity contribution in [2.45, 2.75) is 26.3 Å². The van der Waals surface area contributed by atoms with Crippen LogP contribution in [-0.2, 0) is 9.59 Å². The summed E-state index contributed by atoms with van der Waals surface area (Å²) in [6.45, 7) is 3.60. The van der Waals surface area contributed by atoms with Crippen LogP contribution >= 0.6 is 11.6 Å². The van der Waals surface area contributed by atoms with Crippen LogP contribution in [0.3, 0.4) is 0 Å². The Morgan fingerprint density at radius 2 is 1.88 bits per heavy atom. The van der Waals surface area contributed by atoms with Gasteiger partial charge in [-0.1, -0.05) is 11.6 Å². The van der Waals surface area contributed by atoms with Crippen LogP contribution in [0.4, 0.5) is 11.6 Å². The molecule has 0 saturated carbocycles. The van der Waals surface area contributed by atoms with Gasteiger partial charge in [0.15, 0.2) is 0 Å². The molecule has 8 nitrogen and oxygen atoms in total. The summed E-state index contributed by atoms with van der Waals surface area (Å²) in [6, 6.07) is 7.28. The molecule has 3 rings (SSSR count). The molecule has 1 atom stereocenters. The highest BCUT2D eigenvalue weighted by molar-refractivity contribution is 6.30. The van der Waals surface area contributed by atoms with E-state index in [0.717, 1.165) is 0 Å². The molecule has 0 radical (unpaired) electrons. The molecule has 1 aliphatic rings. The van der Waals surface area contributed by atoms with Gasteiger partial charge in [-0.15, -0.1) is 0 Å². The molecule has 1 amide bonds. The average molecular weight is 374 g/mol. The van der Waals surface area contributed by atoms with Gasteiger partial charge in [-0.2, -0.15) is 4.99 Å². The Hall–Kier alpha value is -3.00. The topological polar surface area (TPSA) is 108 Å². The number of nitrogens with one attached hydrogen (secondary N) is 1. The summed E-state index contributed by atoms with van der Waals surface area (Å²) in [5.74, 6) is -1.38. The number of carboxylic acid groups (broad SMARTS) is 1. The van der Waals surface area contributed by atoms with Crippen molar-refractivity contribution < 1.29 is 14.7 Å². The molecule has 1 fully saturated rings. The van der Waals surface area contributed by atoms with Crippen molar-refractivity contribution in [1.29, 1.82) is 0 Å². The molecule has 0 unspecified atom stereocenters. The largest absolute Gasteiger partial charge is 0.480 e. The zero-order chi connectivity index (χ0) is 18.8. The first-order valence-electron chi connectivity index (χ1n) is 7.82. The first kappa shape index (κ1) is 17.8. The van der Waals surface area contributed by atoms with Gasteiger partial charge in [-0.25, -0.2) is 14.8 Å². The summed E-state index contributed by atoms with van der Waals surface area (Å²) in [5, 5.41) is 12.7. The van der Waals surface area contributed by atoms with Gasteiger partial charge in [0, 0.05) is 22.1 Å². The number of aliphatic imine (C=N–C) groups is 1. The van der Waals surface area contributed by atoms with E-state index >= 15 is 0 Å². The Morgan fingerprint density at radius 1 is 1.27 bits per heavy atom. The number of amides is 1. The van der Waals surface area contributed by atoms with Crippen LogP contribution in [-0.4, -0.2) is 39.0 Å². The van der Waals surface area contributed by atoms with Gasteiger partial charge in [0.1, 0.15) is 6.04 Å². The van der Waals surface area contributed by atoms with Crippen molar-refractivity contribution in [3.8, 4) is 0 Å². The summed E-state index contributed by atoms with van der Waals surface area (Å²) >= 11 is 5.92. The Morgan fingerprint density at radius 3 is 2.46 bits per heavy atom. The number of hydrogen-bond donors (Lipinski definition) is 2. The fourth-order valence-electron chi connectivity index (χ4n) is 2.69. The predicted octanol–water partition coefficient (Wildman–Crippen LogP) is 2.21. The van der Waals surface area contributed by atoms with Crippen LogP contribution in [0.2, 0.25) is 5.02 Å². The molecule has 2 N–H and O–H groups in total. The summed E-state index contributed by atoms with van der Waals surface area (Å²) in [4.78, 5) is 37.9. The van der Waals surface area contributed by atoms with Crippen molar-refractivity contribution in [2.24, 2.45) is 4.99 Å². The first-order chi connectivity index (χ1) is 12.3. The number of guanidine groups is 1. The number of carboxylic acids is 1. The number of aliphatic carboxylic acids is 1. The quantitative estimate of drug-likeness (QED) is 0.854. The van der Waals surface area contributed by atoms with Crippen molar-refractivity contribution in [3.05, 3.63) is 46.7 Å². The Labute approximate surface area is 154 Å². The van der Waals surface area contributed by atoms with Crippen molar-refractivity contribution >= 4 is 41.1 Å². The number of hydrogen-bond acceptors (Lipinski definition) is 5. The van der Waals surface area contributed by atoms with E-state index in [9.17, 15) is 14.7 Å². The van der Waals surface area contributed by atoms with E-state index in [1.807, 2.05) is 0 Å². The molecule has 1 aliphatic heterocycles. The monoisotopic (exact) mass is 373 g/mol. The number of carbonyl (C=O) groups excluding carboxylic acids is 1. The minimum absolute atomic E-state index is 0.0565. The Bertz CT molecular complexity index is 878. The molecule has 134 valence electrons. The summed E-state index contributed by atoms with van der Waals surface area (Å²) in [5.41, 5.74) is 1.96. The van der Waals surface area contributed by atoms with E-state index in [1.54, 1.807) is 44.2 Å². The van der Waals surface area contributed by atoms with Crippen LogP contribution < -0.4 is 10.2 Å². The molecule has 0 spiro atoms. The maximum Gasteiger partial charge on any atom is 0.327 e. The second-order valence-corrected chi connectivity index (χ2v) is 6.28. The van der Waals surface area contributed by atoms with Gasteiger partial charge in [0.25, 0.3) is 5.95 Å². The lowest BCUT2D eigenvalue weighted by Gasteiger charge is -2.35. The van der Waals surface area contributed by atoms with E-state index in [-0.39, 0.29) is 18.3 Å². The summed E-state index contributed by atoms with van der Waals surface area (Å²) in [6.07, 6.45) is -0.204. The van der Waals surface area contributed by atoms with Crippen LogP contribution in [0.5, 0.6) is 0 Å². The van der Waals surface area contributed by atoms with Crippen LogP contribution in [0.1, 0.15) is 17.8 Å². The highest BCUT2D eigenvalue weighted by Crippen LogP contribution is 2.25. The van der Waals surface area contributed by atoms with Crippen LogP contribution in [0.25, 0.3) is 0 Å². The minimum Gasteiger partial charge on any atom is -0.480 e. The molecule has 0 bridgehead atoms. The molecule has 26 heavy (non-hydrogen) atoms. The second kappa shape index (κ2) is 7.09. The molecule has 0 aliphatic carbocycles. The first-order valence-corrected chi connectivity index (χ1v) is 8.20. The Balaban J connectivity index is 2.11. The number of rotatable bonds is 3. The average Bonchev–Trinajstić information content (AvgIpc) is 2.54. The molecule has 1 aromatic heterocycles. The summed E-state index contributed by atoms with van der Waals surface area (Å²) < 4.78 is 0. The minimum atomic E-state index is -1.14. The van der Waals surface area contributed by atoms with E-state index in [0.29, 0.717) is 22.1 Å². The zero-order valence-electron chi connectivity index (χ0n) is 14.1. The number of benzene rings is 1. The van der Waals surface area contributed by atoms with E-state index in [2.05, 4.69) is 20.3 Å². The number of anilines is 1. The zero-order valence-corrected chi connectivity index (χ0v) is 14.9. The molecular weight excluding hydrogens is 358 g/mol. The van der Waals surface area contributed by atoms with Gasteiger partial charge in [0.2, 0.25) is 11.9 Å². The molecular formula is C17H16ClN5O3. The molecule has 2 heterocycles. The van der Waals surface area contributed by atoms with E-state index < -0.39 is 17.9 Å². The van der Waals surface area contributed by atoms with Gasteiger partial charge < -0.3 is 5.11 Å². The third-order valence-electron chi connectivity index (χ3n) is 3.74. The highest BCUT2D eigenvalue weighted by atomic mass is 35.5. The fourth-order valence-corrected chi connectivity index (χ4v) is 2.81. The van der Waals surface area contributed by atoms with Crippen molar-refractivity contribution in [2.75, 3.05) is 4.90 Å². The fraction of sp³-hybridized carbons (Fsp3) is 0.235. The number of aromatic nitrogens is 2. The number of nitrogens with zero attached hydrogens (tertiary/aromatic N) is 4. The maximum absolute atomic E-state index is 12.0. The van der Waals surface area contributed by atoms with Gasteiger partial charge in [-0.05, 0) is 44.2 Å². The summed E-state index contributed by atoms with van der Waals surface area (Å²) in [7, 11) is 0. The molecule has 1 saturated heterocycles. The molecule has 1 aromatic carbocycles. The van der Waals surface area contributed by atoms with Gasteiger partial charge in [0.05, 0.1) is 6.42 Å². The third-order valence-corrected chi connectivity index (χ3v) is 3.99. The Kier molecular flexibility index (Phi) is 4.85. The SMILES string of the molecule is Cc1cc(C)nc(/N=C2\NC(=O)C[C@H](C(=O)O)N2c2ccc(Cl)cc2)n1. The highest BCUT2D eigenvalue weighted by Gasteiger charge is 2.37. The second-order valence-electron chi connectivity index (χ2n) is 5.84. The van der Waals surface area contributed by atoms with Crippen molar-refractivity contribution in [1.82, 2.24) is 15.3 Å². The normalized spacial score (nSPS) is 18.7. The van der Waals surface area contributed by atoms with Crippen molar-refractivity contribution in [3.63, 3.8) is 0 Å². The lowest BCUT2D eigenvalue weighted by molar-refractivity contribution is -0.140. The molecule has 9 heteroatoms. The molecule has 2 aromatic rings. The number of aryl methyl sites for hydroxylation is 2.